The average Bonchev–Trinajstić information content (AvgIpc) is 2.35. The van der Waals surface area contributed by atoms with E-state index in [1.54, 1.807) is 6.07 Å². The van der Waals surface area contributed by atoms with Crippen LogP contribution in [0.4, 0.5) is 18.9 Å². The molecule has 104 valence electrons. The van der Waals surface area contributed by atoms with Crippen molar-refractivity contribution in [2.75, 3.05) is 5.32 Å². The van der Waals surface area contributed by atoms with Gasteiger partial charge in [-0.05, 0) is 0 Å². The largest absolute Gasteiger partial charge is 0.344 e. The number of hydrogen-bond acceptors (Lipinski definition) is 3. The molecule has 1 N–H and O–H groups in total. The maximum Gasteiger partial charge on any atom is 0.160 e. The first kappa shape index (κ1) is 15.9. The standard InChI is InChI=1S/C13H9F3N2OS/c1-2-3-11(19)8(6-17)13(20)18-12-9(15)4-7(14)5-10(12)16/h2,4-5,8H,1,3H2,(H,18,20). The second-order valence-corrected chi connectivity index (χ2v) is 4.19. The molecule has 3 nitrogen and oxygen atoms in total. The van der Waals surface area contributed by atoms with Crippen LogP contribution < -0.4 is 5.32 Å². The molecule has 1 aromatic rings. The van der Waals surface area contributed by atoms with Gasteiger partial charge in [0.2, 0.25) is 0 Å². The van der Waals surface area contributed by atoms with Gasteiger partial charge in [-0.1, -0.05) is 18.3 Å². The molecule has 1 atom stereocenters. The summed E-state index contributed by atoms with van der Waals surface area (Å²) in [6, 6.07) is 2.56. The number of anilines is 1. The fourth-order valence-electron chi connectivity index (χ4n) is 1.39. The zero-order valence-electron chi connectivity index (χ0n) is 10.1. The van der Waals surface area contributed by atoms with Gasteiger partial charge in [0, 0.05) is 18.6 Å². The third kappa shape index (κ3) is 3.65. The van der Waals surface area contributed by atoms with Gasteiger partial charge in [0.1, 0.15) is 16.5 Å². The van der Waals surface area contributed by atoms with Crippen molar-refractivity contribution >= 4 is 28.7 Å². The van der Waals surface area contributed by atoms with Gasteiger partial charge in [0.05, 0.1) is 6.07 Å². The van der Waals surface area contributed by atoms with E-state index in [4.69, 9.17) is 17.5 Å². The summed E-state index contributed by atoms with van der Waals surface area (Å²) in [6.45, 7) is 3.34. The average molecular weight is 298 g/mol. The van der Waals surface area contributed by atoms with Gasteiger partial charge in [-0.25, -0.2) is 13.2 Å². The molecule has 0 aliphatic rings. The Labute approximate surface area is 118 Å². The van der Waals surface area contributed by atoms with Crippen LogP contribution in [0.15, 0.2) is 24.8 Å². The topological polar surface area (TPSA) is 52.9 Å². The summed E-state index contributed by atoms with van der Waals surface area (Å²) >= 11 is 4.78. The van der Waals surface area contributed by atoms with E-state index in [9.17, 15) is 18.0 Å². The third-order valence-corrected chi connectivity index (χ3v) is 2.65. The van der Waals surface area contributed by atoms with Crippen molar-refractivity contribution < 1.29 is 18.0 Å². The summed E-state index contributed by atoms with van der Waals surface area (Å²) in [5.74, 6) is -5.42. The number of thiocarbonyl (C=S) groups is 1. The van der Waals surface area contributed by atoms with E-state index in [-0.39, 0.29) is 11.4 Å². The first-order valence-corrected chi connectivity index (χ1v) is 5.80. The number of allylic oxidation sites excluding steroid dienone is 1. The third-order valence-electron chi connectivity index (χ3n) is 2.31. The Bertz CT molecular complexity index is 587. The van der Waals surface area contributed by atoms with E-state index >= 15 is 0 Å². The number of nitrogens with zero attached hydrogens (tertiary/aromatic N) is 1. The highest BCUT2D eigenvalue weighted by atomic mass is 32.1. The normalized spacial score (nSPS) is 11.3. The monoisotopic (exact) mass is 298 g/mol. The molecular weight excluding hydrogens is 289 g/mol. The van der Waals surface area contributed by atoms with Crippen molar-refractivity contribution in [3.63, 3.8) is 0 Å². The minimum atomic E-state index is -1.35. The van der Waals surface area contributed by atoms with Crippen LogP contribution in [0.1, 0.15) is 6.42 Å². The molecule has 1 aromatic carbocycles. The van der Waals surface area contributed by atoms with E-state index in [1.807, 2.05) is 0 Å². The maximum atomic E-state index is 13.4. The maximum absolute atomic E-state index is 13.4. The lowest BCUT2D eigenvalue weighted by atomic mass is 10.0. The molecule has 1 unspecified atom stereocenters. The molecule has 0 bridgehead atoms. The summed E-state index contributed by atoms with van der Waals surface area (Å²) in [7, 11) is 0. The summed E-state index contributed by atoms with van der Waals surface area (Å²) in [5, 5.41) is 11.0. The Morgan fingerprint density at radius 1 is 1.45 bits per heavy atom. The van der Waals surface area contributed by atoms with Crippen LogP contribution in [-0.2, 0) is 4.79 Å². The predicted octanol–water partition coefficient (Wildman–Crippen LogP) is 3.13. The van der Waals surface area contributed by atoms with Crippen LogP contribution in [0.5, 0.6) is 0 Å². The van der Waals surface area contributed by atoms with Crippen LogP contribution in [0.2, 0.25) is 0 Å². The van der Waals surface area contributed by atoms with Gasteiger partial charge in [0.25, 0.3) is 0 Å². The minimum absolute atomic E-state index is 0.103. The first-order valence-electron chi connectivity index (χ1n) is 5.39. The highest BCUT2D eigenvalue weighted by Gasteiger charge is 2.23. The van der Waals surface area contributed by atoms with E-state index in [2.05, 4.69) is 11.9 Å². The van der Waals surface area contributed by atoms with Gasteiger partial charge in [0.15, 0.2) is 23.3 Å². The molecular formula is C13H9F3N2OS. The van der Waals surface area contributed by atoms with Gasteiger partial charge in [-0.2, -0.15) is 5.26 Å². The van der Waals surface area contributed by atoms with Crippen molar-refractivity contribution in [1.82, 2.24) is 0 Å². The lowest BCUT2D eigenvalue weighted by molar-refractivity contribution is -0.118. The van der Waals surface area contributed by atoms with Crippen LogP contribution in [-0.4, -0.2) is 10.8 Å². The Balaban J connectivity index is 2.98. The summed E-state index contributed by atoms with van der Waals surface area (Å²) in [4.78, 5) is 11.2. The second kappa shape index (κ2) is 6.82. The van der Waals surface area contributed by atoms with E-state index in [0.29, 0.717) is 12.1 Å². The van der Waals surface area contributed by atoms with Gasteiger partial charge >= 0.3 is 0 Å². The number of Topliss-reactive ketones (excluding diaryl/α,β-unsaturated/α-hetero) is 1. The molecule has 0 heterocycles. The SMILES string of the molecule is C=CCC(=O)C(C#N)C(=S)Nc1c(F)cc(F)cc1F. The van der Waals surface area contributed by atoms with E-state index < -0.39 is 34.8 Å². The Hall–Kier alpha value is -2.20. The number of nitriles is 1. The van der Waals surface area contributed by atoms with Crippen LogP contribution >= 0.6 is 12.2 Å². The molecule has 0 amide bonds. The van der Waals surface area contributed by atoms with Gasteiger partial charge in [-0.15, -0.1) is 6.58 Å². The molecule has 0 saturated carbocycles. The summed E-state index contributed by atoms with van der Waals surface area (Å²) in [6.07, 6.45) is 1.18. The molecule has 0 aliphatic heterocycles. The van der Waals surface area contributed by atoms with E-state index in [0.717, 1.165) is 0 Å². The quantitative estimate of drug-likeness (QED) is 0.670. The van der Waals surface area contributed by atoms with E-state index in [1.165, 1.54) is 6.08 Å². The fraction of sp³-hybridized carbons (Fsp3) is 0.154. The number of ketones is 1. The lowest BCUT2D eigenvalue weighted by Crippen LogP contribution is -2.27. The predicted molar refractivity (Wildman–Crippen MR) is 71.5 cm³/mol. The molecule has 0 fully saturated rings. The number of nitrogens with one attached hydrogen (secondary N) is 1. The fourth-order valence-corrected chi connectivity index (χ4v) is 1.68. The number of carbonyl (C=O) groups excluding carboxylic acids is 1. The van der Waals surface area contributed by atoms with Crippen molar-refractivity contribution in [1.29, 1.82) is 5.26 Å². The van der Waals surface area contributed by atoms with Crippen molar-refractivity contribution in [2.45, 2.75) is 6.42 Å². The zero-order valence-corrected chi connectivity index (χ0v) is 10.9. The smallest absolute Gasteiger partial charge is 0.160 e. The van der Waals surface area contributed by atoms with Gasteiger partial charge < -0.3 is 5.32 Å². The summed E-state index contributed by atoms with van der Waals surface area (Å²) in [5.41, 5.74) is -0.706. The first-order chi connectivity index (χ1) is 9.40. The van der Waals surface area contributed by atoms with Crippen molar-refractivity contribution in [2.24, 2.45) is 5.92 Å². The number of halogens is 3. The summed E-state index contributed by atoms with van der Waals surface area (Å²) < 4.78 is 39.5. The molecule has 7 heteroatoms. The molecule has 1 rings (SSSR count). The lowest BCUT2D eigenvalue weighted by Gasteiger charge is -2.13. The molecule has 0 radical (unpaired) electrons. The molecule has 20 heavy (non-hydrogen) atoms. The minimum Gasteiger partial charge on any atom is -0.344 e. The number of benzene rings is 1. The Morgan fingerprint density at radius 3 is 2.45 bits per heavy atom. The highest BCUT2D eigenvalue weighted by Crippen LogP contribution is 2.21. The number of hydrogen-bond donors (Lipinski definition) is 1. The Morgan fingerprint density at radius 2 is 2.00 bits per heavy atom. The molecule has 0 aliphatic carbocycles. The van der Waals surface area contributed by atoms with Crippen molar-refractivity contribution in [3.8, 4) is 6.07 Å². The number of rotatable bonds is 5. The molecule has 0 spiro atoms. The van der Waals surface area contributed by atoms with Crippen molar-refractivity contribution in [3.05, 3.63) is 42.2 Å². The van der Waals surface area contributed by atoms with Crippen LogP contribution in [0, 0.1) is 34.7 Å². The molecule has 0 aromatic heterocycles. The highest BCUT2D eigenvalue weighted by molar-refractivity contribution is 7.80. The second-order valence-electron chi connectivity index (χ2n) is 3.75. The Kier molecular flexibility index (Phi) is 5.41. The van der Waals surface area contributed by atoms with Crippen LogP contribution in [0.3, 0.4) is 0 Å². The van der Waals surface area contributed by atoms with Gasteiger partial charge in [-0.3, -0.25) is 4.79 Å². The van der Waals surface area contributed by atoms with Crippen LogP contribution in [0.25, 0.3) is 0 Å². The number of carbonyl (C=O) groups is 1. The molecule has 0 saturated heterocycles. The zero-order chi connectivity index (χ0) is 15.3.